The Hall–Kier alpha value is -4.50. The van der Waals surface area contributed by atoms with Gasteiger partial charge < -0.3 is 11.1 Å². The van der Waals surface area contributed by atoms with E-state index in [4.69, 9.17) is 5.73 Å². The molecule has 11 nitrogen and oxygen atoms in total. The molecule has 0 fully saturated rings. The maximum atomic E-state index is 13.0. The molecule has 4 aromatic rings. The molecule has 202 valence electrons. The minimum Gasteiger partial charge on any atom is -0.383 e. The molecular weight excluding hydrogens is 569 g/mol. The van der Waals surface area contributed by atoms with Gasteiger partial charge in [-0.2, -0.15) is 21.9 Å². The molecule has 0 aliphatic carbocycles. The van der Waals surface area contributed by atoms with Gasteiger partial charge in [0.2, 0.25) is 11.9 Å². The third-order valence-electron chi connectivity index (χ3n) is 5.52. The van der Waals surface area contributed by atoms with Crippen molar-refractivity contribution in [2.45, 2.75) is 35.9 Å². The van der Waals surface area contributed by atoms with Crippen LogP contribution >= 0.6 is 23.1 Å². The number of hydrogen-bond acceptors (Lipinski definition) is 11. The lowest BCUT2D eigenvalue weighted by Gasteiger charge is -2.15. The number of carbonyl (C=O) groups excluding carboxylic acids is 1. The Balaban J connectivity index is 1.50. The van der Waals surface area contributed by atoms with Crippen LogP contribution in [-0.4, -0.2) is 34.5 Å². The first-order valence-corrected chi connectivity index (χ1v) is 14.9. The van der Waals surface area contributed by atoms with E-state index in [-0.39, 0.29) is 32.8 Å². The van der Waals surface area contributed by atoms with Gasteiger partial charge in [0.15, 0.2) is 0 Å². The second-order valence-corrected chi connectivity index (χ2v) is 12.3. The van der Waals surface area contributed by atoms with Crippen LogP contribution in [0.4, 0.5) is 17.5 Å². The number of nitriles is 2. The number of rotatable bonds is 8. The zero-order chi connectivity index (χ0) is 29.0. The Morgan fingerprint density at radius 1 is 1.05 bits per heavy atom. The lowest BCUT2D eigenvalue weighted by atomic mass is 9.99. The fourth-order valence-corrected chi connectivity index (χ4v) is 6.22. The summed E-state index contributed by atoms with van der Waals surface area (Å²) in [6, 6.07) is 13.2. The van der Waals surface area contributed by atoms with E-state index in [9.17, 15) is 23.7 Å². The van der Waals surface area contributed by atoms with Crippen molar-refractivity contribution in [3.8, 4) is 23.3 Å². The molecule has 1 aromatic carbocycles. The molecule has 1 atom stereocenters. The average Bonchev–Trinajstić information content (AvgIpc) is 3.42. The minimum atomic E-state index is -3.95. The second-order valence-electron chi connectivity index (χ2n) is 8.52. The van der Waals surface area contributed by atoms with Crippen molar-refractivity contribution in [2.24, 2.45) is 0 Å². The van der Waals surface area contributed by atoms with Crippen LogP contribution in [0, 0.1) is 36.5 Å². The predicted molar refractivity (Wildman–Crippen MR) is 154 cm³/mol. The van der Waals surface area contributed by atoms with Gasteiger partial charge in [-0.25, -0.2) is 28.1 Å². The number of sulfonamides is 1. The summed E-state index contributed by atoms with van der Waals surface area (Å²) in [6.45, 7) is 5.10. The smallest absolute Gasteiger partial charge is 0.264 e. The van der Waals surface area contributed by atoms with Crippen molar-refractivity contribution >= 4 is 56.5 Å². The summed E-state index contributed by atoms with van der Waals surface area (Å²) in [5.74, 6) is -0.473. The van der Waals surface area contributed by atoms with E-state index in [0.717, 1.165) is 11.8 Å². The monoisotopic (exact) mass is 590 g/mol. The van der Waals surface area contributed by atoms with Crippen LogP contribution in [-0.2, 0) is 14.8 Å². The zero-order valence-electron chi connectivity index (χ0n) is 21.5. The number of nitrogens with zero attached hydrogens (tertiary/aromatic N) is 5. The normalized spacial score (nSPS) is 11.7. The topological polar surface area (TPSA) is 188 Å². The number of pyridine rings is 1. The molecule has 0 aliphatic rings. The fourth-order valence-electron chi connectivity index (χ4n) is 3.71. The van der Waals surface area contributed by atoms with Crippen LogP contribution in [0.3, 0.4) is 0 Å². The lowest BCUT2D eigenvalue weighted by molar-refractivity contribution is -0.115. The number of aromatic nitrogens is 3. The predicted octanol–water partition coefficient (Wildman–Crippen LogP) is 4.46. The van der Waals surface area contributed by atoms with E-state index in [1.807, 2.05) is 11.4 Å². The maximum absolute atomic E-state index is 13.0. The Morgan fingerprint density at radius 2 is 1.70 bits per heavy atom. The van der Waals surface area contributed by atoms with Gasteiger partial charge in [-0.3, -0.25) is 4.79 Å². The molecule has 4 rings (SSSR count). The lowest BCUT2D eigenvalue weighted by Crippen LogP contribution is -2.23. The number of nitrogen functional groups attached to an aromatic ring is 1. The highest BCUT2D eigenvalue weighted by Gasteiger charge is 2.24. The summed E-state index contributed by atoms with van der Waals surface area (Å²) >= 11 is 2.44. The Bertz CT molecular complexity index is 1760. The van der Waals surface area contributed by atoms with Crippen LogP contribution in [0.2, 0.25) is 0 Å². The van der Waals surface area contributed by atoms with E-state index < -0.39 is 21.2 Å². The summed E-state index contributed by atoms with van der Waals surface area (Å²) in [7, 11) is -3.95. The average molecular weight is 591 g/mol. The van der Waals surface area contributed by atoms with Gasteiger partial charge in [0.25, 0.3) is 10.0 Å². The molecule has 0 radical (unpaired) electrons. The molecule has 4 N–H and O–H groups in total. The third-order valence-corrected chi connectivity index (χ3v) is 8.64. The highest BCUT2D eigenvalue weighted by atomic mass is 32.2. The molecule has 3 aromatic heterocycles. The first-order chi connectivity index (χ1) is 19.0. The van der Waals surface area contributed by atoms with Crippen LogP contribution < -0.4 is 15.8 Å². The van der Waals surface area contributed by atoms with E-state index in [2.05, 4.69) is 31.1 Å². The van der Waals surface area contributed by atoms with E-state index in [0.29, 0.717) is 28.2 Å². The summed E-state index contributed by atoms with van der Waals surface area (Å²) in [6.07, 6.45) is 0. The highest BCUT2D eigenvalue weighted by molar-refractivity contribution is 8.00. The first kappa shape index (κ1) is 28.5. The van der Waals surface area contributed by atoms with Crippen molar-refractivity contribution < 1.29 is 13.2 Å². The zero-order valence-corrected chi connectivity index (χ0v) is 23.9. The number of carbonyl (C=O) groups is 1. The van der Waals surface area contributed by atoms with Crippen molar-refractivity contribution in [1.82, 2.24) is 15.0 Å². The Morgan fingerprint density at radius 3 is 2.27 bits per heavy atom. The number of thiophene rings is 1. The van der Waals surface area contributed by atoms with Crippen LogP contribution in [0.5, 0.6) is 0 Å². The Labute approximate surface area is 239 Å². The molecule has 0 spiro atoms. The molecule has 3 heterocycles. The molecule has 1 unspecified atom stereocenters. The molecule has 1 amide bonds. The summed E-state index contributed by atoms with van der Waals surface area (Å²) < 4.78 is 27.9. The molecular formula is C26H22N8O3S3. The van der Waals surface area contributed by atoms with Crippen LogP contribution in [0.15, 0.2) is 57.1 Å². The van der Waals surface area contributed by atoms with Gasteiger partial charge in [-0.15, -0.1) is 0 Å². The molecule has 0 aliphatic heterocycles. The van der Waals surface area contributed by atoms with Gasteiger partial charge >= 0.3 is 0 Å². The number of benzene rings is 1. The summed E-state index contributed by atoms with van der Waals surface area (Å²) in [4.78, 5) is 25.3. The quantitative estimate of drug-likeness (QED) is 0.247. The molecule has 40 heavy (non-hydrogen) atoms. The van der Waals surface area contributed by atoms with Gasteiger partial charge in [0.1, 0.15) is 28.5 Å². The van der Waals surface area contributed by atoms with Gasteiger partial charge in [-0.1, -0.05) is 11.8 Å². The molecule has 0 saturated carbocycles. The minimum absolute atomic E-state index is 0.0309. The number of aryl methyl sites for hydroxylation is 2. The summed E-state index contributed by atoms with van der Waals surface area (Å²) in [5, 5.41) is 25.4. The van der Waals surface area contributed by atoms with Crippen molar-refractivity contribution in [3.05, 3.63) is 69.7 Å². The van der Waals surface area contributed by atoms with Gasteiger partial charge in [0.05, 0.1) is 15.7 Å². The number of nitrogens with two attached hydrogens (primary N) is 1. The number of nitrogens with one attached hydrogen (secondary N) is 2. The maximum Gasteiger partial charge on any atom is 0.264 e. The largest absolute Gasteiger partial charge is 0.383 e. The standard InChI is InChI=1S/C26H22N8O3S3/c1-14-10-15(2)31-26(30-14)34-40(36,37)19-6-4-18(5-7-19)32-24(35)16(3)39-25-21(12-28)22(17-8-9-38-13-17)20(11-27)23(29)33-25/h4-10,13,16H,1-3H3,(H2,29,33)(H,32,35)(H,30,31,34). The van der Waals surface area contributed by atoms with Crippen molar-refractivity contribution in [3.63, 3.8) is 0 Å². The Kier molecular flexibility index (Phi) is 8.35. The van der Waals surface area contributed by atoms with E-state index >= 15 is 0 Å². The number of amides is 1. The van der Waals surface area contributed by atoms with E-state index in [1.54, 1.807) is 38.3 Å². The second kappa shape index (κ2) is 11.7. The SMILES string of the molecule is Cc1cc(C)nc(NS(=O)(=O)c2ccc(NC(=O)C(C)Sc3nc(N)c(C#N)c(-c4ccsc4)c3C#N)cc2)n1. The van der Waals surface area contributed by atoms with Crippen molar-refractivity contribution in [1.29, 1.82) is 10.5 Å². The molecule has 0 saturated heterocycles. The van der Waals surface area contributed by atoms with E-state index in [1.165, 1.54) is 35.6 Å². The fraction of sp³-hybridized carbons (Fsp3) is 0.154. The van der Waals surface area contributed by atoms with Crippen LogP contribution in [0.1, 0.15) is 29.4 Å². The number of anilines is 3. The number of hydrogen-bond donors (Lipinski definition) is 3. The van der Waals surface area contributed by atoms with Gasteiger partial charge in [-0.05, 0) is 73.5 Å². The molecule has 14 heteroatoms. The highest BCUT2D eigenvalue weighted by Crippen LogP contribution is 2.37. The third kappa shape index (κ3) is 6.21. The first-order valence-electron chi connectivity index (χ1n) is 11.6. The van der Waals surface area contributed by atoms with Crippen LogP contribution in [0.25, 0.3) is 11.1 Å². The number of thioether (sulfide) groups is 1. The summed E-state index contributed by atoms with van der Waals surface area (Å²) in [5.41, 5.74) is 8.95. The van der Waals surface area contributed by atoms with Crippen molar-refractivity contribution in [2.75, 3.05) is 15.8 Å². The molecule has 0 bridgehead atoms. The van der Waals surface area contributed by atoms with Gasteiger partial charge in [0, 0.05) is 22.6 Å².